The second-order valence-corrected chi connectivity index (χ2v) is 19.1. The van der Waals surface area contributed by atoms with Crippen LogP contribution in [0.25, 0.3) is 62.6 Å². The Balaban J connectivity index is 0.936. The van der Waals surface area contributed by atoms with Gasteiger partial charge in [0.15, 0.2) is 0 Å². The van der Waals surface area contributed by atoms with Crippen molar-refractivity contribution in [3.05, 3.63) is 163 Å². The zero-order chi connectivity index (χ0) is 35.8. The molecule has 5 aliphatic rings. The van der Waals surface area contributed by atoms with Gasteiger partial charge >= 0.3 is 0 Å². The van der Waals surface area contributed by atoms with Crippen LogP contribution in [0.15, 0.2) is 152 Å². The SMILES string of the molecule is c1ccc2c(c1)-c1ccc(-c3ccc(N(c4ccc5c(c4)sc4ccccc45)c4ccc5c(c4)sc4ccccc45)cc3)cc1C21C2CC3CC(C2)CC1C3. The number of rotatable bonds is 4. The highest BCUT2D eigenvalue weighted by Gasteiger charge is 2.61. The lowest BCUT2D eigenvalue weighted by atomic mass is 9.43. The third-order valence-electron chi connectivity index (χ3n) is 14.3. The molecule has 14 rings (SSSR count). The summed E-state index contributed by atoms with van der Waals surface area (Å²) >= 11 is 3.77. The van der Waals surface area contributed by atoms with Crippen molar-refractivity contribution in [1.29, 1.82) is 0 Å². The van der Waals surface area contributed by atoms with Crippen LogP contribution in [0, 0.1) is 23.7 Å². The lowest BCUT2D eigenvalue weighted by Gasteiger charge is -2.61. The van der Waals surface area contributed by atoms with Crippen LogP contribution < -0.4 is 4.90 Å². The van der Waals surface area contributed by atoms with Gasteiger partial charge in [-0.2, -0.15) is 0 Å². The number of hydrogen-bond acceptors (Lipinski definition) is 3. The van der Waals surface area contributed by atoms with Gasteiger partial charge in [0.1, 0.15) is 0 Å². The van der Waals surface area contributed by atoms with Gasteiger partial charge in [-0.15, -0.1) is 22.7 Å². The van der Waals surface area contributed by atoms with Gasteiger partial charge < -0.3 is 4.90 Å². The van der Waals surface area contributed by atoms with E-state index in [1.165, 1.54) is 112 Å². The first-order chi connectivity index (χ1) is 27.2. The number of thiophene rings is 2. The van der Waals surface area contributed by atoms with E-state index in [0.717, 1.165) is 23.7 Å². The molecule has 55 heavy (non-hydrogen) atoms. The molecule has 0 radical (unpaired) electrons. The molecule has 0 atom stereocenters. The van der Waals surface area contributed by atoms with Crippen molar-refractivity contribution < 1.29 is 0 Å². The van der Waals surface area contributed by atoms with Crippen LogP contribution >= 0.6 is 22.7 Å². The fourth-order valence-electron chi connectivity index (χ4n) is 12.3. The van der Waals surface area contributed by atoms with Crippen molar-refractivity contribution >= 4 is 80.1 Å². The van der Waals surface area contributed by atoms with Crippen LogP contribution in [0.1, 0.15) is 43.2 Å². The van der Waals surface area contributed by atoms with E-state index in [1.807, 2.05) is 22.7 Å². The molecule has 4 fully saturated rings. The topological polar surface area (TPSA) is 3.24 Å². The molecule has 7 aromatic carbocycles. The zero-order valence-corrected chi connectivity index (χ0v) is 32.2. The highest BCUT2D eigenvalue weighted by Crippen LogP contribution is 2.69. The molecule has 0 unspecified atom stereocenters. The summed E-state index contributed by atoms with van der Waals surface area (Å²) in [5.74, 6) is 3.44. The van der Waals surface area contributed by atoms with Crippen LogP contribution in [0.4, 0.5) is 17.1 Å². The van der Waals surface area contributed by atoms with E-state index in [4.69, 9.17) is 0 Å². The van der Waals surface area contributed by atoms with Crippen molar-refractivity contribution in [2.75, 3.05) is 4.90 Å². The minimum atomic E-state index is 0.183. The van der Waals surface area contributed by atoms with Crippen molar-refractivity contribution in [1.82, 2.24) is 0 Å². The van der Waals surface area contributed by atoms with E-state index in [-0.39, 0.29) is 5.41 Å². The van der Waals surface area contributed by atoms with E-state index < -0.39 is 0 Å². The van der Waals surface area contributed by atoms with Crippen molar-refractivity contribution in [2.24, 2.45) is 23.7 Å². The van der Waals surface area contributed by atoms with Crippen molar-refractivity contribution in [2.45, 2.75) is 37.5 Å². The molecular weight excluding hydrogens is 703 g/mol. The largest absolute Gasteiger partial charge is 0.310 e. The van der Waals surface area contributed by atoms with Gasteiger partial charge in [0, 0.05) is 62.8 Å². The molecule has 2 aromatic heterocycles. The van der Waals surface area contributed by atoms with Gasteiger partial charge in [0.05, 0.1) is 0 Å². The van der Waals surface area contributed by atoms with E-state index in [2.05, 4.69) is 157 Å². The standard InChI is InChI=1S/C52H39NS2/c1-4-10-46-40(7-1)41-20-15-34(28-47(41)52(46)35-24-31-23-32(26-35)27-36(52)25-31)33-13-16-37(17-14-33)53(38-18-21-44-42-8-2-5-11-48(42)54-50(44)29-38)39-19-22-45-43-9-3-6-12-49(43)55-51(45)30-39/h1-22,28-32,35-36H,23-27H2. The average molecular weight is 742 g/mol. The summed E-state index contributed by atoms with van der Waals surface area (Å²) in [5, 5.41) is 5.33. The first-order valence-electron chi connectivity index (χ1n) is 20.2. The molecule has 9 aromatic rings. The Morgan fingerprint density at radius 1 is 0.400 bits per heavy atom. The smallest absolute Gasteiger partial charge is 0.0476 e. The number of fused-ring (bicyclic) bond motifs is 9. The number of nitrogens with zero attached hydrogens (tertiary/aromatic N) is 1. The summed E-state index contributed by atoms with van der Waals surface area (Å²) in [6.07, 6.45) is 7.13. The quantitative estimate of drug-likeness (QED) is 0.174. The molecule has 264 valence electrons. The maximum Gasteiger partial charge on any atom is 0.0476 e. The molecule has 5 aliphatic carbocycles. The van der Waals surface area contributed by atoms with Crippen LogP contribution in [-0.2, 0) is 5.41 Å². The van der Waals surface area contributed by atoms with E-state index >= 15 is 0 Å². The van der Waals surface area contributed by atoms with Crippen molar-refractivity contribution in [3.63, 3.8) is 0 Å². The minimum absolute atomic E-state index is 0.183. The second kappa shape index (κ2) is 11.4. The zero-order valence-electron chi connectivity index (χ0n) is 30.5. The molecule has 0 saturated heterocycles. The molecule has 0 N–H and O–H groups in total. The van der Waals surface area contributed by atoms with Crippen LogP contribution in [0.3, 0.4) is 0 Å². The summed E-state index contributed by atoms with van der Waals surface area (Å²) < 4.78 is 5.32. The minimum Gasteiger partial charge on any atom is -0.310 e. The fourth-order valence-corrected chi connectivity index (χ4v) is 14.6. The number of hydrogen-bond donors (Lipinski definition) is 0. The monoisotopic (exact) mass is 741 g/mol. The van der Waals surface area contributed by atoms with Gasteiger partial charge in [0.2, 0.25) is 0 Å². The Morgan fingerprint density at radius 2 is 0.909 bits per heavy atom. The summed E-state index contributed by atoms with van der Waals surface area (Å²) in [7, 11) is 0. The Bertz CT molecular complexity index is 2880. The lowest BCUT2D eigenvalue weighted by molar-refractivity contribution is -0.0399. The van der Waals surface area contributed by atoms with Crippen LogP contribution in [0.2, 0.25) is 0 Å². The van der Waals surface area contributed by atoms with Crippen molar-refractivity contribution in [3.8, 4) is 22.3 Å². The highest BCUT2D eigenvalue weighted by molar-refractivity contribution is 7.26. The Hall–Kier alpha value is -5.22. The van der Waals surface area contributed by atoms with Gasteiger partial charge in [-0.1, -0.05) is 97.1 Å². The first-order valence-corrected chi connectivity index (χ1v) is 21.8. The third kappa shape index (κ3) is 4.34. The maximum atomic E-state index is 2.62. The molecule has 0 amide bonds. The van der Waals surface area contributed by atoms with E-state index in [0.29, 0.717) is 0 Å². The molecule has 3 heteroatoms. The van der Waals surface area contributed by atoms with E-state index in [9.17, 15) is 0 Å². The highest BCUT2D eigenvalue weighted by atomic mass is 32.1. The molecule has 0 aliphatic heterocycles. The molecule has 2 heterocycles. The number of benzene rings is 7. The van der Waals surface area contributed by atoms with Crippen LogP contribution in [0.5, 0.6) is 0 Å². The normalized spacial score (nSPS) is 23.3. The van der Waals surface area contributed by atoms with Gasteiger partial charge in [-0.05, 0) is 144 Å². The van der Waals surface area contributed by atoms with Crippen LogP contribution in [-0.4, -0.2) is 0 Å². The van der Waals surface area contributed by atoms with Gasteiger partial charge in [0.25, 0.3) is 0 Å². The summed E-state index contributed by atoms with van der Waals surface area (Å²) in [5.41, 5.74) is 12.6. The second-order valence-electron chi connectivity index (χ2n) is 16.9. The predicted molar refractivity (Wildman–Crippen MR) is 236 cm³/mol. The molecule has 1 spiro atoms. The van der Waals surface area contributed by atoms with E-state index in [1.54, 1.807) is 11.1 Å². The Kier molecular flexibility index (Phi) is 6.44. The summed E-state index contributed by atoms with van der Waals surface area (Å²) in [6, 6.07) is 58.0. The molecule has 4 bridgehead atoms. The Morgan fingerprint density at radius 3 is 1.55 bits per heavy atom. The lowest BCUT2D eigenvalue weighted by Crippen LogP contribution is -2.55. The number of anilines is 3. The summed E-state index contributed by atoms with van der Waals surface area (Å²) in [4.78, 5) is 2.46. The average Bonchev–Trinajstić information content (AvgIpc) is 3.88. The first kappa shape index (κ1) is 31.0. The molecule has 4 saturated carbocycles. The fraction of sp³-hybridized carbons (Fsp3) is 0.192. The summed E-state index contributed by atoms with van der Waals surface area (Å²) in [6.45, 7) is 0. The third-order valence-corrected chi connectivity index (χ3v) is 16.5. The maximum absolute atomic E-state index is 2.62. The van der Waals surface area contributed by atoms with Gasteiger partial charge in [-0.25, -0.2) is 0 Å². The van der Waals surface area contributed by atoms with Gasteiger partial charge in [-0.3, -0.25) is 0 Å². The molecular formula is C52H39NS2. The Labute approximate surface area is 329 Å². The predicted octanol–water partition coefficient (Wildman–Crippen LogP) is 15.3. The molecule has 1 nitrogen and oxygen atoms in total.